The number of hydrogen-bond donors (Lipinski definition) is 1. The van der Waals surface area contributed by atoms with Crippen LogP contribution in [0.1, 0.15) is 18.3 Å². The van der Waals surface area contributed by atoms with Crippen LogP contribution in [0.15, 0.2) is 67.4 Å². The molecular weight excluding hydrogens is 426 g/mol. The molecule has 5 rings (SSSR count). The summed E-state index contributed by atoms with van der Waals surface area (Å²) in [5, 5.41) is 15.9. The number of aromatic nitrogens is 5. The third-order valence-corrected chi connectivity index (χ3v) is 6.41. The van der Waals surface area contributed by atoms with Gasteiger partial charge in [0, 0.05) is 42.5 Å². The number of hydrogen-bond acceptors (Lipinski definition) is 5. The normalized spacial score (nSPS) is 16.8. The second kappa shape index (κ2) is 8.49. The van der Waals surface area contributed by atoms with E-state index >= 15 is 0 Å². The highest BCUT2D eigenvalue weighted by Gasteiger charge is 2.43. The Labute approximate surface area is 190 Å². The molecule has 2 aromatic heterocycles. The van der Waals surface area contributed by atoms with Crippen molar-refractivity contribution in [3.8, 4) is 11.3 Å². The minimum Gasteiger partial charge on any atom is -0.381 e. The van der Waals surface area contributed by atoms with Crippen molar-refractivity contribution >= 4 is 0 Å². The zero-order valence-electron chi connectivity index (χ0n) is 18.1. The van der Waals surface area contributed by atoms with E-state index in [9.17, 15) is 13.9 Å². The van der Waals surface area contributed by atoms with Gasteiger partial charge in [-0.15, -0.1) is 0 Å². The minimum absolute atomic E-state index is 0.0192. The SMILES string of the molecule is CC(N1CCn2cc(-c3ccccc3)nc2C1)[C@](O)(Cn1cncn1)c1ccc(F)cc1F. The average Bonchev–Trinajstić information content (AvgIpc) is 3.48. The summed E-state index contributed by atoms with van der Waals surface area (Å²) < 4.78 is 32.0. The Morgan fingerprint density at radius 3 is 2.67 bits per heavy atom. The first-order valence-corrected chi connectivity index (χ1v) is 10.8. The molecule has 0 saturated carbocycles. The summed E-state index contributed by atoms with van der Waals surface area (Å²) in [6.07, 6.45) is 4.86. The van der Waals surface area contributed by atoms with Crippen molar-refractivity contribution in [3.05, 3.63) is 90.4 Å². The second-order valence-electron chi connectivity index (χ2n) is 8.39. The highest BCUT2D eigenvalue weighted by atomic mass is 19.1. The van der Waals surface area contributed by atoms with Crippen molar-refractivity contribution in [3.63, 3.8) is 0 Å². The first-order valence-electron chi connectivity index (χ1n) is 10.8. The zero-order valence-corrected chi connectivity index (χ0v) is 18.1. The zero-order chi connectivity index (χ0) is 23.0. The van der Waals surface area contributed by atoms with E-state index in [0.29, 0.717) is 19.6 Å². The van der Waals surface area contributed by atoms with Gasteiger partial charge < -0.3 is 9.67 Å². The van der Waals surface area contributed by atoms with Crippen molar-refractivity contribution < 1.29 is 13.9 Å². The van der Waals surface area contributed by atoms with Crippen molar-refractivity contribution in [2.45, 2.75) is 38.2 Å². The van der Waals surface area contributed by atoms with Crippen molar-refractivity contribution in [1.29, 1.82) is 0 Å². The fraction of sp³-hybridized carbons (Fsp3) is 0.292. The van der Waals surface area contributed by atoms with Gasteiger partial charge in [-0.2, -0.15) is 5.10 Å². The van der Waals surface area contributed by atoms with Gasteiger partial charge in [0.25, 0.3) is 0 Å². The molecule has 0 bridgehead atoms. The molecule has 1 unspecified atom stereocenters. The Balaban J connectivity index is 1.46. The number of imidazole rings is 1. The van der Waals surface area contributed by atoms with E-state index in [1.165, 1.54) is 23.4 Å². The van der Waals surface area contributed by atoms with Crippen LogP contribution in [0.2, 0.25) is 0 Å². The molecule has 170 valence electrons. The van der Waals surface area contributed by atoms with Gasteiger partial charge in [0.05, 0.1) is 18.8 Å². The highest BCUT2D eigenvalue weighted by Crippen LogP contribution is 2.34. The van der Waals surface area contributed by atoms with Crippen LogP contribution >= 0.6 is 0 Å². The summed E-state index contributed by atoms with van der Waals surface area (Å²) in [6.45, 7) is 3.62. The molecule has 0 radical (unpaired) electrons. The first-order chi connectivity index (χ1) is 15.9. The summed E-state index contributed by atoms with van der Waals surface area (Å²) in [5.41, 5.74) is 0.270. The number of benzene rings is 2. The van der Waals surface area contributed by atoms with Gasteiger partial charge in [-0.3, -0.25) is 4.90 Å². The van der Waals surface area contributed by atoms with Crippen molar-refractivity contribution in [1.82, 2.24) is 29.2 Å². The number of aliphatic hydroxyl groups is 1. The maximum Gasteiger partial charge on any atom is 0.137 e. The lowest BCUT2D eigenvalue weighted by molar-refractivity contribution is -0.0709. The van der Waals surface area contributed by atoms with E-state index < -0.39 is 23.3 Å². The lowest BCUT2D eigenvalue weighted by Gasteiger charge is -2.42. The topological polar surface area (TPSA) is 72.0 Å². The molecule has 7 nitrogen and oxygen atoms in total. The Kier molecular flexibility index (Phi) is 5.51. The summed E-state index contributed by atoms with van der Waals surface area (Å²) in [5.74, 6) is -0.621. The van der Waals surface area contributed by atoms with Crippen LogP contribution in [0.3, 0.4) is 0 Å². The maximum atomic E-state index is 14.9. The molecule has 0 amide bonds. The predicted octanol–water partition coefficient (Wildman–Crippen LogP) is 3.21. The molecule has 1 N–H and O–H groups in total. The molecule has 2 atom stereocenters. The van der Waals surface area contributed by atoms with Crippen LogP contribution in [0.5, 0.6) is 0 Å². The van der Waals surface area contributed by atoms with E-state index in [4.69, 9.17) is 4.98 Å². The fourth-order valence-corrected chi connectivity index (χ4v) is 4.50. The van der Waals surface area contributed by atoms with Gasteiger partial charge >= 0.3 is 0 Å². The third-order valence-electron chi connectivity index (χ3n) is 6.41. The smallest absolute Gasteiger partial charge is 0.137 e. The monoisotopic (exact) mass is 450 g/mol. The lowest BCUT2D eigenvalue weighted by atomic mass is 9.85. The Hall–Kier alpha value is -3.43. The molecule has 0 fully saturated rings. The van der Waals surface area contributed by atoms with Crippen LogP contribution in [0, 0.1) is 11.6 Å². The fourth-order valence-electron chi connectivity index (χ4n) is 4.50. The van der Waals surface area contributed by atoms with E-state index in [-0.39, 0.29) is 12.1 Å². The lowest BCUT2D eigenvalue weighted by Crippen LogP contribution is -2.53. The Bertz CT molecular complexity index is 1240. The largest absolute Gasteiger partial charge is 0.381 e. The number of fused-ring (bicyclic) bond motifs is 1. The molecule has 9 heteroatoms. The molecule has 0 spiro atoms. The number of rotatable bonds is 6. The van der Waals surface area contributed by atoms with Gasteiger partial charge in [-0.05, 0) is 13.0 Å². The molecule has 4 aromatic rings. The molecule has 0 aliphatic carbocycles. The minimum atomic E-state index is -1.68. The number of halogens is 2. The summed E-state index contributed by atoms with van der Waals surface area (Å²) in [7, 11) is 0. The maximum absolute atomic E-state index is 14.9. The van der Waals surface area contributed by atoms with Crippen molar-refractivity contribution in [2.24, 2.45) is 0 Å². The van der Waals surface area contributed by atoms with Crippen LogP contribution in [-0.4, -0.2) is 46.9 Å². The molecule has 1 aliphatic heterocycles. The quantitative estimate of drug-likeness (QED) is 0.489. The first kappa shape index (κ1) is 21.4. The second-order valence-corrected chi connectivity index (χ2v) is 8.39. The molecule has 1 aliphatic rings. The van der Waals surface area contributed by atoms with Crippen LogP contribution in [0.4, 0.5) is 8.78 Å². The van der Waals surface area contributed by atoms with Gasteiger partial charge in [-0.25, -0.2) is 23.4 Å². The van der Waals surface area contributed by atoms with Gasteiger partial charge in [0.2, 0.25) is 0 Å². The summed E-state index contributed by atoms with van der Waals surface area (Å²) in [4.78, 5) is 10.8. The molecule has 2 aromatic carbocycles. The molecule has 0 saturated heterocycles. The van der Waals surface area contributed by atoms with Gasteiger partial charge in [-0.1, -0.05) is 36.4 Å². The standard InChI is InChI=1S/C24H24F2N6O/c1-17(24(33,14-32-16-27-15-28-32)20-8-7-19(25)11-21(20)26)30-9-10-31-12-22(29-23(31)13-30)18-5-3-2-4-6-18/h2-8,11-12,15-17,33H,9-10,13-14H2,1H3/t17?,24-/m1/s1. The highest BCUT2D eigenvalue weighted by molar-refractivity contribution is 5.58. The number of nitrogens with zero attached hydrogens (tertiary/aromatic N) is 6. The van der Waals surface area contributed by atoms with Crippen molar-refractivity contribution in [2.75, 3.05) is 6.54 Å². The summed E-state index contributed by atoms with van der Waals surface area (Å²) >= 11 is 0. The van der Waals surface area contributed by atoms with Crippen LogP contribution < -0.4 is 0 Å². The molecule has 33 heavy (non-hydrogen) atoms. The van der Waals surface area contributed by atoms with Crippen LogP contribution in [-0.2, 0) is 25.2 Å². The molecular formula is C24H24F2N6O. The van der Waals surface area contributed by atoms with E-state index in [1.807, 2.05) is 43.5 Å². The third kappa shape index (κ3) is 4.05. The van der Waals surface area contributed by atoms with E-state index in [1.54, 1.807) is 0 Å². The Morgan fingerprint density at radius 1 is 1.12 bits per heavy atom. The summed E-state index contributed by atoms with van der Waals surface area (Å²) in [6, 6.07) is 12.7. The van der Waals surface area contributed by atoms with Gasteiger partial charge in [0.1, 0.15) is 35.7 Å². The van der Waals surface area contributed by atoms with Gasteiger partial charge in [0.15, 0.2) is 0 Å². The Morgan fingerprint density at radius 2 is 1.94 bits per heavy atom. The molecule has 3 heterocycles. The van der Waals surface area contributed by atoms with E-state index in [0.717, 1.165) is 29.2 Å². The van der Waals surface area contributed by atoms with Crippen LogP contribution in [0.25, 0.3) is 11.3 Å². The predicted molar refractivity (Wildman–Crippen MR) is 118 cm³/mol. The average molecular weight is 450 g/mol. The van der Waals surface area contributed by atoms with E-state index in [2.05, 4.69) is 19.5 Å².